The second kappa shape index (κ2) is 5.65. The van der Waals surface area contributed by atoms with Crippen LogP contribution in [-0.2, 0) is 4.79 Å². The van der Waals surface area contributed by atoms with E-state index in [0.29, 0.717) is 12.8 Å². The number of amides is 1. The SMILES string of the molecule is CC(O)CCC(=O)N1CCCC1c1ccsc1. The summed E-state index contributed by atoms with van der Waals surface area (Å²) < 4.78 is 0. The van der Waals surface area contributed by atoms with E-state index in [1.807, 2.05) is 4.90 Å². The van der Waals surface area contributed by atoms with Gasteiger partial charge in [-0.05, 0) is 48.6 Å². The first kappa shape index (κ1) is 12.6. The van der Waals surface area contributed by atoms with Gasteiger partial charge in [-0.2, -0.15) is 11.3 Å². The molecule has 0 aliphatic carbocycles. The molecular formula is C13H19NO2S. The highest BCUT2D eigenvalue weighted by molar-refractivity contribution is 7.07. The zero-order chi connectivity index (χ0) is 12.3. The largest absolute Gasteiger partial charge is 0.393 e. The predicted octanol–water partition coefficient (Wildman–Crippen LogP) is 2.57. The van der Waals surface area contributed by atoms with Gasteiger partial charge in [-0.1, -0.05) is 0 Å². The summed E-state index contributed by atoms with van der Waals surface area (Å²) in [6, 6.07) is 2.37. The third kappa shape index (κ3) is 3.07. The predicted molar refractivity (Wildman–Crippen MR) is 68.9 cm³/mol. The van der Waals surface area contributed by atoms with E-state index >= 15 is 0 Å². The second-order valence-electron chi connectivity index (χ2n) is 4.69. The van der Waals surface area contributed by atoms with E-state index in [-0.39, 0.29) is 18.1 Å². The first-order valence-electron chi connectivity index (χ1n) is 6.18. The van der Waals surface area contributed by atoms with E-state index < -0.39 is 0 Å². The van der Waals surface area contributed by atoms with Gasteiger partial charge in [0.1, 0.15) is 0 Å². The molecule has 0 saturated carbocycles. The molecule has 0 aromatic carbocycles. The van der Waals surface area contributed by atoms with Crippen molar-refractivity contribution < 1.29 is 9.90 Å². The van der Waals surface area contributed by atoms with E-state index in [1.54, 1.807) is 18.3 Å². The summed E-state index contributed by atoms with van der Waals surface area (Å²) in [4.78, 5) is 14.1. The van der Waals surface area contributed by atoms with Crippen LogP contribution < -0.4 is 0 Å². The van der Waals surface area contributed by atoms with Crippen molar-refractivity contribution in [2.75, 3.05) is 6.54 Å². The van der Waals surface area contributed by atoms with Crippen molar-refractivity contribution in [2.24, 2.45) is 0 Å². The lowest BCUT2D eigenvalue weighted by molar-refractivity contribution is -0.132. The molecule has 94 valence electrons. The molecule has 1 aromatic heterocycles. The minimum absolute atomic E-state index is 0.180. The van der Waals surface area contributed by atoms with Crippen molar-refractivity contribution in [3.8, 4) is 0 Å². The molecular weight excluding hydrogens is 234 g/mol. The van der Waals surface area contributed by atoms with Crippen molar-refractivity contribution in [3.05, 3.63) is 22.4 Å². The number of nitrogens with zero attached hydrogens (tertiary/aromatic N) is 1. The Morgan fingerprint density at radius 1 is 1.71 bits per heavy atom. The van der Waals surface area contributed by atoms with Gasteiger partial charge < -0.3 is 10.0 Å². The molecule has 1 fully saturated rings. The van der Waals surface area contributed by atoms with Crippen LogP contribution in [0.3, 0.4) is 0 Å². The molecule has 1 amide bonds. The van der Waals surface area contributed by atoms with Gasteiger partial charge in [0.2, 0.25) is 5.91 Å². The van der Waals surface area contributed by atoms with Gasteiger partial charge in [0.15, 0.2) is 0 Å². The number of likely N-dealkylation sites (tertiary alicyclic amines) is 1. The quantitative estimate of drug-likeness (QED) is 0.896. The smallest absolute Gasteiger partial charge is 0.223 e. The average molecular weight is 253 g/mol. The molecule has 1 N–H and O–H groups in total. The van der Waals surface area contributed by atoms with Crippen molar-refractivity contribution in [1.29, 1.82) is 0 Å². The van der Waals surface area contributed by atoms with Crippen LogP contribution in [0, 0.1) is 0 Å². The van der Waals surface area contributed by atoms with E-state index in [1.165, 1.54) is 5.56 Å². The Hall–Kier alpha value is -0.870. The maximum Gasteiger partial charge on any atom is 0.223 e. The van der Waals surface area contributed by atoms with Gasteiger partial charge in [-0.25, -0.2) is 0 Å². The van der Waals surface area contributed by atoms with Gasteiger partial charge in [-0.3, -0.25) is 4.79 Å². The zero-order valence-corrected chi connectivity index (χ0v) is 10.9. The van der Waals surface area contributed by atoms with Crippen LogP contribution in [0.2, 0.25) is 0 Å². The summed E-state index contributed by atoms with van der Waals surface area (Å²) in [5, 5.41) is 13.4. The molecule has 0 radical (unpaired) electrons. The van der Waals surface area contributed by atoms with Crippen LogP contribution in [0.25, 0.3) is 0 Å². The molecule has 17 heavy (non-hydrogen) atoms. The lowest BCUT2D eigenvalue weighted by Gasteiger charge is -2.24. The Bertz CT molecular complexity index is 362. The number of aliphatic hydroxyl groups excluding tert-OH is 1. The van der Waals surface area contributed by atoms with Crippen molar-refractivity contribution in [1.82, 2.24) is 4.90 Å². The Morgan fingerprint density at radius 2 is 2.53 bits per heavy atom. The van der Waals surface area contributed by atoms with Crippen LogP contribution in [0.15, 0.2) is 16.8 Å². The van der Waals surface area contributed by atoms with Crippen LogP contribution in [0.4, 0.5) is 0 Å². The highest BCUT2D eigenvalue weighted by atomic mass is 32.1. The lowest BCUT2D eigenvalue weighted by atomic mass is 10.1. The van der Waals surface area contributed by atoms with Gasteiger partial charge in [0, 0.05) is 13.0 Å². The molecule has 2 rings (SSSR count). The van der Waals surface area contributed by atoms with Crippen molar-refractivity contribution >= 4 is 17.2 Å². The Balaban J connectivity index is 1.97. The zero-order valence-electron chi connectivity index (χ0n) is 10.1. The third-order valence-electron chi connectivity index (χ3n) is 3.28. The first-order valence-corrected chi connectivity index (χ1v) is 7.12. The summed E-state index contributed by atoms with van der Waals surface area (Å²) in [5.41, 5.74) is 1.26. The minimum atomic E-state index is -0.388. The molecule has 2 unspecified atom stereocenters. The number of rotatable bonds is 4. The normalized spacial score (nSPS) is 21.8. The van der Waals surface area contributed by atoms with Crippen LogP contribution >= 0.6 is 11.3 Å². The van der Waals surface area contributed by atoms with Crippen LogP contribution in [0.1, 0.15) is 44.2 Å². The van der Waals surface area contributed by atoms with Crippen molar-refractivity contribution in [2.45, 2.75) is 44.8 Å². The fourth-order valence-electron chi connectivity index (χ4n) is 2.35. The summed E-state index contributed by atoms with van der Waals surface area (Å²) in [5.74, 6) is 0.180. The average Bonchev–Trinajstić information content (AvgIpc) is 2.94. The fraction of sp³-hybridized carbons (Fsp3) is 0.615. The Labute approximate surface area is 106 Å². The number of thiophene rings is 1. The number of hydrogen-bond acceptors (Lipinski definition) is 3. The number of hydrogen-bond donors (Lipinski definition) is 1. The summed E-state index contributed by atoms with van der Waals surface area (Å²) in [6.45, 7) is 2.59. The summed E-state index contributed by atoms with van der Waals surface area (Å²) >= 11 is 1.68. The third-order valence-corrected chi connectivity index (χ3v) is 3.98. The maximum absolute atomic E-state index is 12.1. The molecule has 1 aliphatic rings. The van der Waals surface area contributed by atoms with Gasteiger partial charge in [0.05, 0.1) is 12.1 Å². The molecule has 1 aromatic rings. The highest BCUT2D eigenvalue weighted by Crippen LogP contribution is 2.33. The van der Waals surface area contributed by atoms with Crippen LogP contribution in [-0.4, -0.2) is 28.6 Å². The minimum Gasteiger partial charge on any atom is -0.393 e. The second-order valence-corrected chi connectivity index (χ2v) is 5.47. The number of carbonyl (C=O) groups is 1. The molecule has 3 nitrogen and oxygen atoms in total. The molecule has 1 saturated heterocycles. The summed E-state index contributed by atoms with van der Waals surface area (Å²) in [7, 11) is 0. The number of aliphatic hydroxyl groups is 1. The molecule has 0 bridgehead atoms. The number of carbonyl (C=O) groups excluding carboxylic acids is 1. The Morgan fingerprint density at radius 3 is 3.18 bits per heavy atom. The van der Waals surface area contributed by atoms with Crippen molar-refractivity contribution in [3.63, 3.8) is 0 Å². The van der Waals surface area contributed by atoms with Crippen LogP contribution in [0.5, 0.6) is 0 Å². The molecule has 1 aliphatic heterocycles. The van der Waals surface area contributed by atoms with Gasteiger partial charge in [-0.15, -0.1) is 0 Å². The topological polar surface area (TPSA) is 40.5 Å². The highest BCUT2D eigenvalue weighted by Gasteiger charge is 2.29. The van der Waals surface area contributed by atoms with E-state index in [4.69, 9.17) is 0 Å². The molecule has 4 heteroatoms. The van der Waals surface area contributed by atoms with Gasteiger partial charge in [0.25, 0.3) is 0 Å². The summed E-state index contributed by atoms with van der Waals surface area (Å²) in [6.07, 6.45) is 2.78. The van der Waals surface area contributed by atoms with E-state index in [0.717, 1.165) is 19.4 Å². The van der Waals surface area contributed by atoms with Gasteiger partial charge >= 0.3 is 0 Å². The maximum atomic E-state index is 12.1. The first-order chi connectivity index (χ1) is 8.18. The molecule has 2 atom stereocenters. The monoisotopic (exact) mass is 253 g/mol. The molecule has 0 spiro atoms. The van der Waals surface area contributed by atoms with E-state index in [2.05, 4.69) is 16.8 Å². The standard InChI is InChI=1S/C13H19NO2S/c1-10(15)4-5-13(16)14-7-2-3-12(14)11-6-8-17-9-11/h6,8-10,12,15H,2-5,7H2,1H3. The lowest BCUT2D eigenvalue weighted by Crippen LogP contribution is -2.30. The fourth-order valence-corrected chi connectivity index (χ4v) is 3.06. The van der Waals surface area contributed by atoms with E-state index in [9.17, 15) is 9.90 Å². The Kier molecular flexibility index (Phi) is 4.18. The molecule has 2 heterocycles.